The van der Waals surface area contributed by atoms with Crippen LogP contribution in [0, 0.1) is 6.92 Å². The molecule has 0 fully saturated rings. The molecule has 0 aromatic heterocycles. The first kappa shape index (κ1) is 27.7. The summed E-state index contributed by atoms with van der Waals surface area (Å²) in [5.74, 6) is -0.267. The van der Waals surface area contributed by atoms with Gasteiger partial charge in [-0.1, -0.05) is 48.0 Å². The molecule has 3 aromatic carbocycles. The van der Waals surface area contributed by atoms with Crippen molar-refractivity contribution in [1.29, 1.82) is 0 Å². The summed E-state index contributed by atoms with van der Waals surface area (Å²) in [6, 6.07) is 21.4. The lowest BCUT2D eigenvalue weighted by atomic mass is 10.1. The van der Waals surface area contributed by atoms with Crippen molar-refractivity contribution in [3.63, 3.8) is 0 Å². The maximum Gasteiger partial charge on any atom is 0.264 e. The van der Waals surface area contributed by atoms with E-state index in [1.54, 1.807) is 50.2 Å². The first-order valence-electron chi connectivity index (χ1n) is 12.0. The lowest BCUT2D eigenvalue weighted by Gasteiger charge is -2.32. The summed E-state index contributed by atoms with van der Waals surface area (Å²) < 4.78 is 33.8. The fourth-order valence-electron chi connectivity index (χ4n) is 3.80. The van der Waals surface area contributed by atoms with Gasteiger partial charge in [0.05, 0.1) is 17.7 Å². The molecule has 0 aliphatic heterocycles. The number of ether oxygens (including phenoxy) is 1. The van der Waals surface area contributed by atoms with E-state index in [1.807, 2.05) is 37.3 Å². The van der Waals surface area contributed by atoms with Gasteiger partial charge in [-0.3, -0.25) is 13.9 Å². The summed E-state index contributed by atoms with van der Waals surface area (Å²) in [6.45, 7) is 5.38. The predicted octanol–water partition coefficient (Wildman–Crippen LogP) is 3.75. The zero-order chi connectivity index (χ0) is 27.0. The van der Waals surface area contributed by atoms with E-state index >= 15 is 0 Å². The summed E-state index contributed by atoms with van der Waals surface area (Å²) in [4.78, 5) is 27.9. The molecule has 0 aliphatic rings. The molecule has 0 saturated carbocycles. The van der Waals surface area contributed by atoms with Crippen molar-refractivity contribution in [2.75, 3.05) is 24.5 Å². The molecule has 9 heteroatoms. The molecule has 196 valence electrons. The van der Waals surface area contributed by atoms with Crippen LogP contribution in [0.4, 0.5) is 5.69 Å². The Morgan fingerprint density at radius 2 is 1.57 bits per heavy atom. The highest BCUT2D eigenvalue weighted by molar-refractivity contribution is 7.92. The maximum atomic E-state index is 13.8. The molecule has 1 N–H and O–H groups in total. The van der Waals surface area contributed by atoms with E-state index in [4.69, 9.17) is 4.74 Å². The second-order valence-electron chi connectivity index (χ2n) is 8.60. The van der Waals surface area contributed by atoms with Crippen LogP contribution in [0.2, 0.25) is 0 Å². The van der Waals surface area contributed by atoms with E-state index in [0.29, 0.717) is 18.0 Å². The maximum absolute atomic E-state index is 13.8. The molecule has 0 bridgehead atoms. The number of hydrogen-bond acceptors (Lipinski definition) is 5. The molecular formula is C28H33N3O5S. The third kappa shape index (κ3) is 6.89. The average Bonchev–Trinajstić information content (AvgIpc) is 2.91. The number of anilines is 1. The Morgan fingerprint density at radius 1 is 0.946 bits per heavy atom. The van der Waals surface area contributed by atoms with Gasteiger partial charge < -0.3 is 15.0 Å². The summed E-state index contributed by atoms with van der Waals surface area (Å²) in [5.41, 5.74) is 2.04. The van der Waals surface area contributed by atoms with Gasteiger partial charge in [0.25, 0.3) is 10.0 Å². The Labute approximate surface area is 218 Å². The van der Waals surface area contributed by atoms with Gasteiger partial charge in [-0.2, -0.15) is 0 Å². The molecule has 37 heavy (non-hydrogen) atoms. The second kappa shape index (κ2) is 12.4. The Balaban J connectivity index is 2.02. The van der Waals surface area contributed by atoms with Crippen molar-refractivity contribution in [3.05, 3.63) is 90.0 Å². The molecule has 8 nitrogen and oxygen atoms in total. The van der Waals surface area contributed by atoms with E-state index < -0.39 is 28.5 Å². The predicted molar refractivity (Wildman–Crippen MR) is 144 cm³/mol. The number of methoxy groups -OCH3 is 1. The number of carbonyl (C=O) groups is 2. The lowest BCUT2D eigenvalue weighted by Crippen LogP contribution is -2.51. The molecule has 0 saturated heterocycles. The first-order chi connectivity index (χ1) is 17.7. The number of benzene rings is 3. The molecule has 1 atom stereocenters. The molecular weight excluding hydrogens is 490 g/mol. The van der Waals surface area contributed by atoms with Crippen molar-refractivity contribution < 1.29 is 22.7 Å². The highest BCUT2D eigenvalue weighted by atomic mass is 32.2. The third-order valence-corrected chi connectivity index (χ3v) is 7.75. The van der Waals surface area contributed by atoms with Crippen LogP contribution < -0.4 is 14.4 Å². The quantitative estimate of drug-likeness (QED) is 0.413. The third-order valence-electron chi connectivity index (χ3n) is 5.96. The average molecular weight is 524 g/mol. The first-order valence-corrected chi connectivity index (χ1v) is 13.5. The van der Waals surface area contributed by atoms with Gasteiger partial charge in [0.15, 0.2) is 0 Å². The van der Waals surface area contributed by atoms with Crippen molar-refractivity contribution in [3.8, 4) is 5.75 Å². The number of nitrogens with one attached hydrogen (secondary N) is 1. The summed E-state index contributed by atoms with van der Waals surface area (Å²) >= 11 is 0. The molecule has 2 amide bonds. The number of carbonyl (C=O) groups excluding carboxylic acids is 2. The fourth-order valence-corrected chi connectivity index (χ4v) is 5.21. The van der Waals surface area contributed by atoms with Crippen LogP contribution in [0.1, 0.15) is 25.0 Å². The minimum Gasteiger partial charge on any atom is -0.497 e. The van der Waals surface area contributed by atoms with E-state index in [1.165, 1.54) is 24.1 Å². The second-order valence-corrected chi connectivity index (χ2v) is 10.5. The van der Waals surface area contributed by atoms with Crippen LogP contribution in [0.25, 0.3) is 0 Å². The highest BCUT2D eigenvalue weighted by Crippen LogP contribution is 2.26. The number of amides is 2. The lowest BCUT2D eigenvalue weighted by molar-refractivity contribution is -0.139. The molecule has 0 spiro atoms. The molecule has 3 rings (SSSR count). The molecule has 0 radical (unpaired) electrons. The smallest absolute Gasteiger partial charge is 0.264 e. The zero-order valence-corrected chi connectivity index (χ0v) is 22.4. The minimum atomic E-state index is -4.10. The number of rotatable bonds is 11. The Hall–Kier alpha value is -3.85. The summed E-state index contributed by atoms with van der Waals surface area (Å²) in [7, 11) is -2.59. The van der Waals surface area contributed by atoms with Gasteiger partial charge in [-0.15, -0.1) is 0 Å². The topological polar surface area (TPSA) is 96.0 Å². The highest BCUT2D eigenvalue weighted by Gasteiger charge is 2.32. The van der Waals surface area contributed by atoms with Gasteiger partial charge in [0.2, 0.25) is 11.8 Å². The Bertz CT molecular complexity index is 1290. The molecule has 0 unspecified atom stereocenters. The van der Waals surface area contributed by atoms with Gasteiger partial charge in [0, 0.05) is 13.1 Å². The van der Waals surface area contributed by atoms with E-state index in [9.17, 15) is 18.0 Å². The number of nitrogens with zero attached hydrogens (tertiary/aromatic N) is 2. The van der Waals surface area contributed by atoms with Crippen LogP contribution in [-0.2, 0) is 26.2 Å². The van der Waals surface area contributed by atoms with Gasteiger partial charge in [-0.25, -0.2) is 8.42 Å². The van der Waals surface area contributed by atoms with E-state index in [2.05, 4.69) is 5.32 Å². The summed E-state index contributed by atoms with van der Waals surface area (Å²) in [5, 5.41) is 2.75. The molecule has 0 aliphatic carbocycles. The minimum absolute atomic E-state index is 0.0631. The van der Waals surface area contributed by atoms with Gasteiger partial charge in [0.1, 0.15) is 18.3 Å². The number of sulfonamides is 1. The van der Waals surface area contributed by atoms with Crippen molar-refractivity contribution in [2.24, 2.45) is 0 Å². The zero-order valence-electron chi connectivity index (χ0n) is 21.5. The summed E-state index contributed by atoms with van der Waals surface area (Å²) in [6.07, 6.45) is 0. The van der Waals surface area contributed by atoms with E-state index in [0.717, 1.165) is 15.4 Å². The van der Waals surface area contributed by atoms with Crippen LogP contribution in [0.15, 0.2) is 83.8 Å². The number of hydrogen-bond donors (Lipinski definition) is 1. The van der Waals surface area contributed by atoms with Crippen molar-refractivity contribution >= 4 is 27.5 Å². The monoisotopic (exact) mass is 523 g/mol. The number of aryl methyl sites for hydroxylation is 1. The van der Waals surface area contributed by atoms with Crippen LogP contribution >= 0.6 is 0 Å². The standard InChI is InChI=1S/C28H33N3O5S/c1-5-29-28(33)22(3)30(19-23-9-7-6-8-10-23)27(32)20-31(24-13-15-25(36-4)16-14-24)37(34,35)26-17-11-21(2)12-18-26/h6-18,22H,5,19-20H2,1-4H3,(H,29,33)/t22-/m0/s1. The fraction of sp³-hybridized carbons (Fsp3) is 0.286. The largest absolute Gasteiger partial charge is 0.497 e. The SMILES string of the molecule is CCNC(=O)[C@H](C)N(Cc1ccccc1)C(=O)CN(c1ccc(OC)cc1)S(=O)(=O)c1ccc(C)cc1. The van der Waals surface area contributed by atoms with Crippen molar-refractivity contribution in [1.82, 2.24) is 10.2 Å². The van der Waals surface area contributed by atoms with Crippen LogP contribution in [0.5, 0.6) is 5.75 Å². The van der Waals surface area contributed by atoms with Crippen LogP contribution in [0.3, 0.4) is 0 Å². The molecule has 0 heterocycles. The van der Waals surface area contributed by atoms with Gasteiger partial charge in [-0.05, 0) is 62.7 Å². The van der Waals surface area contributed by atoms with Crippen molar-refractivity contribution in [2.45, 2.75) is 38.3 Å². The Morgan fingerprint density at radius 3 is 2.14 bits per heavy atom. The van der Waals surface area contributed by atoms with Gasteiger partial charge >= 0.3 is 0 Å². The normalized spacial score (nSPS) is 11.9. The van der Waals surface area contributed by atoms with E-state index in [-0.39, 0.29) is 17.3 Å². The number of likely N-dealkylation sites (N-methyl/N-ethyl adjacent to an activating group) is 1. The van der Waals surface area contributed by atoms with Crippen LogP contribution in [-0.4, -0.2) is 51.4 Å². The Kier molecular flexibility index (Phi) is 9.30. The molecule has 3 aromatic rings.